The molecule has 1 aromatic heterocycles. The summed E-state index contributed by atoms with van der Waals surface area (Å²) >= 11 is 0. The van der Waals surface area contributed by atoms with Crippen LogP contribution in [0.2, 0.25) is 0 Å². The predicted octanol–water partition coefficient (Wildman–Crippen LogP) is 9.04. The molecule has 170 valence electrons. The number of nitrogens with zero attached hydrogens (tertiary/aromatic N) is 1. The van der Waals surface area contributed by atoms with Gasteiger partial charge in [-0.1, -0.05) is 97.1 Å². The van der Waals surface area contributed by atoms with Crippen LogP contribution in [0, 0.1) is 0 Å². The maximum atomic E-state index is 5.98. The minimum atomic E-state index is 0.817. The maximum absolute atomic E-state index is 5.98. The van der Waals surface area contributed by atoms with Gasteiger partial charge in [-0.25, -0.2) is 0 Å². The van der Waals surface area contributed by atoms with Crippen LogP contribution in [-0.4, -0.2) is 12.1 Å². The Morgan fingerprint density at radius 3 is 1.53 bits per heavy atom. The normalized spacial score (nSPS) is 11.5. The van der Waals surface area contributed by atoms with Gasteiger partial charge in [0.15, 0.2) is 0 Å². The molecular formula is C34H23NO. The van der Waals surface area contributed by atoms with Crippen molar-refractivity contribution in [1.82, 2.24) is 4.98 Å². The molecular weight excluding hydrogens is 438 g/mol. The second kappa shape index (κ2) is 8.21. The summed E-state index contributed by atoms with van der Waals surface area (Å²) in [6.07, 6.45) is 1.97. The fourth-order valence-corrected chi connectivity index (χ4v) is 5.50. The van der Waals surface area contributed by atoms with Crippen molar-refractivity contribution in [3.05, 3.63) is 121 Å². The monoisotopic (exact) mass is 461 g/mol. The number of benzene rings is 6. The number of pyridine rings is 1. The summed E-state index contributed by atoms with van der Waals surface area (Å²) < 4.78 is 5.98. The van der Waals surface area contributed by atoms with Gasteiger partial charge in [0, 0.05) is 23.4 Å². The number of methoxy groups -OCH3 is 1. The lowest BCUT2D eigenvalue weighted by atomic mass is 9.92. The molecule has 1 heterocycles. The topological polar surface area (TPSA) is 22.1 Å². The molecule has 0 saturated heterocycles. The van der Waals surface area contributed by atoms with Gasteiger partial charge >= 0.3 is 0 Å². The first-order chi connectivity index (χ1) is 17.8. The quantitative estimate of drug-likeness (QED) is 0.245. The number of rotatable bonds is 3. The van der Waals surface area contributed by atoms with Gasteiger partial charge in [0.2, 0.25) is 0 Å². The molecule has 0 aliphatic carbocycles. The first kappa shape index (κ1) is 20.7. The molecule has 0 atom stereocenters. The van der Waals surface area contributed by atoms with Crippen LogP contribution in [-0.2, 0) is 0 Å². The molecule has 2 heteroatoms. The Morgan fingerprint density at radius 1 is 0.472 bits per heavy atom. The van der Waals surface area contributed by atoms with E-state index < -0.39 is 0 Å². The summed E-state index contributed by atoms with van der Waals surface area (Å²) in [5, 5.41) is 9.77. The number of hydrogen-bond donors (Lipinski definition) is 0. The lowest BCUT2D eigenvalue weighted by Crippen LogP contribution is -1.94. The Morgan fingerprint density at radius 2 is 0.944 bits per heavy atom. The van der Waals surface area contributed by atoms with E-state index in [1.165, 1.54) is 43.1 Å². The highest BCUT2D eigenvalue weighted by Gasteiger charge is 2.16. The number of fused-ring (bicyclic) bond motifs is 6. The summed E-state index contributed by atoms with van der Waals surface area (Å²) in [5.41, 5.74) is 4.14. The SMILES string of the molecule is COc1cc(-c2cc3ccccc3c3ccccc23)ncc1-c1cc2ccccc2c2ccccc12. The van der Waals surface area contributed by atoms with Crippen molar-refractivity contribution < 1.29 is 4.74 Å². The lowest BCUT2D eigenvalue weighted by molar-refractivity contribution is 0.416. The van der Waals surface area contributed by atoms with Crippen LogP contribution >= 0.6 is 0 Å². The molecule has 0 fully saturated rings. The molecule has 0 amide bonds. The van der Waals surface area contributed by atoms with Crippen LogP contribution in [0.3, 0.4) is 0 Å². The largest absolute Gasteiger partial charge is 0.496 e. The van der Waals surface area contributed by atoms with Crippen molar-refractivity contribution in [2.75, 3.05) is 7.11 Å². The second-order valence-corrected chi connectivity index (χ2v) is 9.15. The summed E-state index contributed by atoms with van der Waals surface area (Å²) in [5.74, 6) is 0.817. The third kappa shape index (κ3) is 3.15. The second-order valence-electron chi connectivity index (χ2n) is 9.15. The zero-order valence-electron chi connectivity index (χ0n) is 19.9. The van der Waals surface area contributed by atoms with E-state index in [9.17, 15) is 0 Å². The minimum absolute atomic E-state index is 0.817. The fourth-order valence-electron chi connectivity index (χ4n) is 5.50. The van der Waals surface area contributed by atoms with Gasteiger partial charge in [-0.3, -0.25) is 4.98 Å². The average Bonchev–Trinajstić information content (AvgIpc) is 2.96. The Labute approximate surface area is 209 Å². The lowest BCUT2D eigenvalue weighted by Gasteiger charge is -2.16. The van der Waals surface area contributed by atoms with Crippen LogP contribution in [0.25, 0.3) is 65.5 Å². The fraction of sp³-hybridized carbons (Fsp3) is 0.0294. The Hall–Kier alpha value is -4.69. The van der Waals surface area contributed by atoms with Crippen LogP contribution in [0.15, 0.2) is 121 Å². The Bertz CT molecular complexity index is 1940. The molecule has 0 radical (unpaired) electrons. The van der Waals surface area contributed by atoms with Gasteiger partial charge in [-0.05, 0) is 60.8 Å². The van der Waals surface area contributed by atoms with Crippen molar-refractivity contribution >= 4 is 43.1 Å². The third-order valence-electron chi connectivity index (χ3n) is 7.19. The van der Waals surface area contributed by atoms with Crippen LogP contribution in [0.4, 0.5) is 0 Å². The summed E-state index contributed by atoms with van der Waals surface area (Å²) in [7, 11) is 1.74. The van der Waals surface area contributed by atoms with Gasteiger partial charge < -0.3 is 4.74 Å². The number of aromatic nitrogens is 1. The standard InChI is InChI=1S/C34H23NO/c1-36-34-20-33(31-19-23-11-3-5-13-25(23)27-15-7-9-17-29(27)31)35-21-32(34)30-18-22-10-2-4-12-24(22)26-14-6-8-16-28(26)30/h2-21H,1H3. The van der Waals surface area contributed by atoms with Gasteiger partial charge in [0.1, 0.15) is 5.75 Å². The van der Waals surface area contributed by atoms with Gasteiger partial charge in [-0.15, -0.1) is 0 Å². The van der Waals surface area contributed by atoms with E-state index >= 15 is 0 Å². The molecule has 0 spiro atoms. The molecule has 0 saturated carbocycles. The summed E-state index contributed by atoms with van der Waals surface area (Å²) in [6.45, 7) is 0. The number of ether oxygens (including phenoxy) is 1. The van der Waals surface area contributed by atoms with Crippen molar-refractivity contribution in [1.29, 1.82) is 0 Å². The van der Waals surface area contributed by atoms with Crippen LogP contribution < -0.4 is 4.74 Å². The molecule has 7 rings (SSSR count). The molecule has 2 nitrogen and oxygen atoms in total. The highest BCUT2D eigenvalue weighted by atomic mass is 16.5. The van der Waals surface area contributed by atoms with Crippen LogP contribution in [0.1, 0.15) is 0 Å². The Kier molecular flexibility index (Phi) is 4.71. The zero-order chi connectivity index (χ0) is 24.1. The van der Waals surface area contributed by atoms with E-state index in [1.54, 1.807) is 7.11 Å². The molecule has 0 aliphatic heterocycles. The highest BCUT2D eigenvalue weighted by molar-refractivity contribution is 6.15. The Balaban J connectivity index is 1.48. The smallest absolute Gasteiger partial charge is 0.130 e. The molecule has 0 aliphatic rings. The summed E-state index contributed by atoms with van der Waals surface area (Å²) in [4.78, 5) is 5.00. The van der Waals surface area contributed by atoms with E-state index in [1.807, 2.05) is 6.20 Å². The van der Waals surface area contributed by atoms with Gasteiger partial charge in [0.25, 0.3) is 0 Å². The van der Waals surface area contributed by atoms with Crippen molar-refractivity contribution in [2.45, 2.75) is 0 Å². The van der Waals surface area contributed by atoms with Gasteiger partial charge in [0.05, 0.1) is 12.8 Å². The van der Waals surface area contributed by atoms with E-state index in [-0.39, 0.29) is 0 Å². The predicted molar refractivity (Wildman–Crippen MR) is 152 cm³/mol. The van der Waals surface area contributed by atoms with E-state index in [2.05, 4.69) is 115 Å². The molecule has 36 heavy (non-hydrogen) atoms. The zero-order valence-corrected chi connectivity index (χ0v) is 19.9. The number of hydrogen-bond acceptors (Lipinski definition) is 2. The summed E-state index contributed by atoms with van der Waals surface area (Å²) in [6, 6.07) is 40.8. The van der Waals surface area contributed by atoms with Crippen molar-refractivity contribution in [3.8, 4) is 28.1 Å². The maximum Gasteiger partial charge on any atom is 0.130 e. The van der Waals surface area contributed by atoms with E-state index in [4.69, 9.17) is 9.72 Å². The molecule has 0 bridgehead atoms. The molecule has 6 aromatic carbocycles. The first-order valence-electron chi connectivity index (χ1n) is 12.2. The van der Waals surface area contributed by atoms with Crippen molar-refractivity contribution in [2.24, 2.45) is 0 Å². The first-order valence-corrected chi connectivity index (χ1v) is 12.2. The third-order valence-corrected chi connectivity index (χ3v) is 7.19. The molecule has 7 aromatic rings. The average molecular weight is 462 g/mol. The van der Waals surface area contributed by atoms with Crippen molar-refractivity contribution in [3.63, 3.8) is 0 Å². The molecule has 0 unspecified atom stereocenters. The van der Waals surface area contributed by atoms with Crippen LogP contribution in [0.5, 0.6) is 5.75 Å². The van der Waals surface area contributed by atoms with E-state index in [0.29, 0.717) is 0 Å². The molecule has 0 N–H and O–H groups in total. The minimum Gasteiger partial charge on any atom is -0.496 e. The highest BCUT2D eigenvalue weighted by Crippen LogP contribution is 2.41. The van der Waals surface area contributed by atoms with Gasteiger partial charge in [-0.2, -0.15) is 0 Å². The van der Waals surface area contributed by atoms with E-state index in [0.717, 1.165) is 28.1 Å².